The van der Waals surface area contributed by atoms with E-state index in [1.165, 1.54) is 0 Å². The molecule has 0 spiro atoms. The normalized spacial score (nSPS) is 10.2. The summed E-state index contributed by atoms with van der Waals surface area (Å²) in [5.74, 6) is -1.78. The fourth-order valence-corrected chi connectivity index (χ4v) is 1.72. The summed E-state index contributed by atoms with van der Waals surface area (Å²) >= 11 is 5.73. The third kappa shape index (κ3) is 3.76. The molecule has 21 heavy (non-hydrogen) atoms. The standard InChI is InChI=1S/C14H9ClFNO4/c15-11-4-1-9(2-5-11)8-21-14(18)10-3-6-12(16)13(7-10)17(19)20/h1-7H,8H2. The Morgan fingerprint density at radius 1 is 1.24 bits per heavy atom. The van der Waals surface area contributed by atoms with E-state index in [1.807, 2.05) is 0 Å². The van der Waals surface area contributed by atoms with Crippen LogP contribution in [0.15, 0.2) is 42.5 Å². The predicted octanol–water partition coefficient (Wildman–Crippen LogP) is 3.74. The van der Waals surface area contributed by atoms with Gasteiger partial charge in [0.2, 0.25) is 5.82 Å². The van der Waals surface area contributed by atoms with Gasteiger partial charge in [-0.15, -0.1) is 0 Å². The number of nitro groups is 1. The number of hydrogen-bond donors (Lipinski definition) is 0. The topological polar surface area (TPSA) is 69.4 Å². The van der Waals surface area contributed by atoms with E-state index in [1.54, 1.807) is 24.3 Å². The molecule has 0 heterocycles. The summed E-state index contributed by atoms with van der Waals surface area (Å²) in [6, 6.07) is 9.50. The van der Waals surface area contributed by atoms with Crippen LogP contribution in [0.1, 0.15) is 15.9 Å². The lowest BCUT2D eigenvalue weighted by molar-refractivity contribution is -0.387. The number of nitro benzene ring substituents is 1. The molecule has 108 valence electrons. The first-order valence-corrected chi connectivity index (χ1v) is 6.20. The molecule has 0 aromatic heterocycles. The molecule has 0 aliphatic heterocycles. The fourth-order valence-electron chi connectivity index (χ4n) is 1.59. The smallest absolute Gasteiger partial charge is 0.338 e. The number of ether oxygens (including phenoxy) is 1. The zero-order valence-corrected chi connectivity index (χ0v) is 11.3. The molecule has 0 bridgehead atoms. The Kier molecular flexibility index (Phi) is 4.49. The van der Waals surface area contributed by atoms with Crippen LogP contribution in [0.3, 0.4) is 0 Å². The van der Waals surface area contributed by atoms with Crippen molar-refractivity contribution in [2.75, 3.05) is 0 Å². The summed E-state index contributed by atoms with van der Waals surface area (Å²) < 4.78 is 18.2. The number of carbonyl (C=O) groups excluding carboxylic acids is 1. The number of hydrogen-bond acceptors (Lipinski definition) is 4. The zero-order valence-electron chi connectivity index (χ0n) is 10.6. The van der Waals surface area contributed by atoms with Crippen molar-refractivity contribution in [3.8, 4) is 0 Å². The SMILES string of the molecule is O=C(OCc1ccc(Cl)cc1)c1ccc(F)c([N+](=O)[O-])c1. The highest BCUT2D eigenvalue weighted by Crippen LogP contribution is 2.19. The molecular weight excluding hydrogens is 301 g/mol. The zero-order chi connectivity index (χ0) is 15.4. The summed E-state index contributed by atoms with van der Waals surface area (Å²) in [5, 5.41) is 11.2. The van der Waals surface area contributed by atoms with Gasteiger partial charge >= 0.3 is 11.7 Å². The molecule has 7 heteroatoms. The summed E-state index contributed by atoms with van der Waals surface area (Å²) in [6.07, 6.45) is 0. The lowest BCUT2D eigenvalue weighted by Crippen LogP contribution is -2.06. The first-order valence-electron chi connectivity index (χ1n) is 5.83. The largest absolute Gasteiger partial charge is 0.457 e. The molecule has 0 fully saturated rings. The lowest BCUT2D eigenvalue weighted by atomic mass is 10.2. The maximum atomic E-state index is 13.2. The Morgan fingerprint density at radius 2 is 1.90 bits per heavy atom. The van der Waals surface area contributed by atoms with Crippen molar-refractivity contribution >= 4 is 23.3 Å². The van der Waals surface area contributed by atoms with E-state index in [4.69, 9.17) is 16.3 Å². The second-order valence-electron chi connectivity index (χ2n) is 4.13. The van der Waals surface area contributed by atoms with Crippen molar-refractivity contribution in [2.24, 2.45) is 0 Å². The monoisotopic (exact) mass is 309 g/mol. The highest BCUT2D eigenvalue weighted by atomic mass is 35.5. The van der Waals surface area contributed by atoms with Crippen LogP contribution in [0.4, 0.5) is 10.1 Å². The number of esters is 1. The van der Waals surface area contributed by atoms with E-state index < -0.39 is 22.4 Å². The van der Waals surface area contributed by atoms with Crippen molar-refractivity contribution in [3.05, 3.63) is 74.5 Å². The first kappa shape index (κ1) is 14.9. The summed E-state index contributed by atoms with van der Waals surface area (Å²) in [5.41, 5.74) is -0.141. The Bertz CT molecular complexity index is 688. The Labute approximate surface area is 124 Å². The quantitative estimate of drug-likeness (QED) is 0.490. The van der Waals surface area contributed by atoms with Crippen LogP contribution in [0, 0.1) is 15.9 Å². The van der Waals surface area contributed by atoms with E-state index in [0.29, 0.717) is 10.6 Å². The van der Waals surface area contributed by atoms with Gasteiger partial charge in [0.1, 0.15) is 6.61 Å². The molecule has 0 saturated carbocycles. The molecule has 0 amide bonds. The molecule has 0 unspecified atom stereocenters. The average Bonchev–Trinajstić information content (AvgIpc) is 2.46. The van der Waals surface area contributed by atoms with Gasteiger partial charge in [-0.1, -0.05) is 23.7 Å². The number of nitrogens with zero attached hydrogens (tertiary/aromatic N) is 1. The molecule has 2 aromatic rings. The van der Waals surface area contributed by atoms with Crippen LogP contribution in [-0.4, -0.2) is 10.9 Å². The van der Waals surface area contributed by atoms with E-state index in [2.05, 4.69) is 0 Å². The maximum absolute atomic E-state index is 13.2. The molecular formula is C14H9ClFNO4. The molecule has 2 rings (SSSR count). The van der Waals surface area contributed by atoms with E-state index in [-0.39, 0.29) is 12.2 Å². The van der Waals surface area contributed by atoms with Crippen molar-refractivity contribution in [2.45, 2.75) is 6.61 Å². The van der Waals surface area contributed by atoms with Crippen LogP contribution in [-0.2, 0) is 11.3 Å². The lowest BCUT2D eigenvalue weighted by Gasteiger charge is -2.05. The maximum Gasteiger partial charge on any atom is 0.338 e. The molecule has 0 aliphatic carbocycles. The van der Waals surface area contributed by atoms with E-state index >= 15 is 0 Å². The van der Waals surface area contributed by atoms with Gasteiger partial charge in [0.15, 0.2) is 0 Å². The van der Waals surface area contributed by atoms with Crippen molar-refractivity contribution in [1.29, 1.82) is 0 Å². The van der Waals surface area contributed by atoms with Crippen LogP contribution in [0.5, 0.6) is 0 Å². The van der Waals surface area contributed by atoms with Gasteiger partial charge in [-0.3, -0.25) is 10.1 Å². The molecule has 0 saturated heterocycles. The minimum Gasteiger partial charge on any atom is -0.457 e. The Balaban J connectivity index is 2.08. The minimum atomic E-state index is -1.01. The van der Waals surface area contributed by atoms with Crippen LogP contribution >= 0.6 is 11.6 Å². The van der Waals surface area contributed by atoms with Gasteiger partial charge in [-0.2, -0.15) is 4.39 Å². The van der Waals surface area contributed by atoms with Crippen LogP contribution < -0.4 is 0 Å². The van der Waals surface area contributed by atoms with Crippen molar-refractivity contribution in [1.82, 2.24) is 0 Å². The van der Waals surface area contributed by atoms with Gasteiger partial charge in [-0.05, 0) is 29.8 Å². The number of rotatable bonds is 4. The third-order valence-corrected chi connectivity index (χ3v) is 2.91. The summed E-state index contributed by atoms with van der Waals surface area (Å²) in [4.78, 5) is 21.5. The van der Waals surface area contributed by atoms with Crippen LogP contribution in [0.25, 0.3) is 0 Å². The average molecular weight is 310 g/mol. The van der Waals surface area contributed by atoms with Crippen LogP contribution in [0.2, 0.25) is 5.02 Å². The van der Waals surface area contributed by atoms with Crippen molar-refractivity contribution < 1.29 is 18.8 Å². The van der Waals surface area contributed by atoms with Gasteiger partial charge < -0.3 is 4.74 Å². The van der Waals surface area contributed by atoms with Crippen molar-refractivity contribution in [3.63, 3.8) is 0 Å². The van der Waals surface area contributed by atoms with Gasteiger partial charge in [-0.25, -0.2) is 4.79 Å². The Hall–Kier alpha value is -2.47. The number of benzene rings is 2. The highest BCUT2D eigenvalue weighted by molar-refractivity contribution is 6.30. The summed E-state index contributed by atoms with van der Waals surface area (Å²) in [7, 11) is 0. The first-order chi connectivity index (χ1) is 9.97. The van der Waals surface area contributed by atoms with Gasteiger partial charge in [0.05, 0.1) is 10.5 Å². The second kappa shape index (κ2) is 6.32. The Morgan fingerprint density at radius 3 is 2.52 bits per heavy atom. The predicted molar refractivity (Wildman–Crippen MR) is 73.6 cm³/mol. The van der Waals surface area contributed by atoms with E-state index in [9.17, 15) is 19.3 Å². The fraction of sp³-hybridized carbons (Fsp3) is 0.0714. The molecule has 0 radical (unpaired) electrons. The second-order valence-corrected chi connectivity index (χ2v) is 4.56. The highest BCUT2D eigenvalue weighted by Gasteiger charge is 2.18. The molecule has 0 atom stereocenters. The molecule has 5 nitrogen and oxygen atoms in total. The summed E-state index contributed by atoms with van der Waals surface area (Å²) in [6.45, 7) is -0.0127. The minimum absolute atomic E-state index is 0.0127. The third-order valence-electron chi connectivity index (χ3n) is 2.66. The molecule has 2 aromatic carbocycles. The van der Waals surface area contributed by atoms with Gasteiger partial charge in [0, 0.05) is 11.1 Å². The van der Waals surface area contributed by atoms with E-state index in [0.717, 1.165) is 18.2 Å². The molecule has 0 aliphatic rings. The molecule has 0 N–H and O–H groups in total. The number of carbonyl (C=O) groups is 1. The van der Waals surface area contributed by atoms with Gasteiger partial charge in [0.25, 0.3) is 0 Å². The number of halogens is 2.